The van der Waals surface area contributed by atoms with E-state index in [0.29, 0.717) is 16.2 Å². The zero-order valence-corrected chi connectivity index (χ0v) is 16.0. The van der Waals surface area contributed by atoms with Gasteiger partial charge in [-0.15, -0.1) is 0 Å². The maximum absolute atomic E-state index is 12.2. The third-order valence-electron chi connectivity index (χ3n) is 3.85. The molecule has 9 heteroatoms. The summed E-state index contributed by atoms with van der Waals surface area (Å²) in [6, 6.07) is 12.9. The number of nitrogens with zero attached hydrogens (tertiary/aromatic N) is 1. The van der Waals surface area contributed by atoms with Crippen LogP contribution in [0.5, 0.6) is 5.75 Å². The lowest BCUT2D eigenvalue weighted by Gasteiger charge is -2.10. The number of thioether (sulfide) groups is 1. The molecule has 0 aromatic heterocycles. The number of amides is 1. The number of aliphatic carboxylic acids is 1. The third kappa shape index (κ3) is 5.02. The first-order valence-corrected chi connectivity index (χ1v) is 9.26. The number of aromatic carboxylic acids is 1. The molecule has 29 heavy (non-hydrogen) atoms. The maximum Gasteiger partial charge on any atom is 0.344 e. The van der Waals surface area contributed by atoms with Crippen LogP contribution in [0.4, 0.5) is 5.69 Å². The molecule has 0 aliphatic carbocycles. The standard InChI is InChI=1S/C20H16N2O6S/c1-11(18(24)25)28-13-8-6-12(7-9-13)10-16-17(23)22-20(29-16)21-15-5-3-2-4-14(15)19(26)27/h2-11H,1H3,(H,24,25)(H,26,27)(H,21,22,23)/b16-10-. The van der Waals surface area contributed by atoms with Gasteiger partial charge in [0.25, 0.3) is 5.91 Å². The van der Waals surface area contributed by atoms with Crippen molar-refractivity contribution in [2.75, 3.05) is 0 Å². The van der Waals surface area contributed by atoms with Gasteiger partial charge >= 0.3 is 11.9 Å². The Kier molecular flexibility index (Phi) is 5.99. The lowest BCUT2D eigenvalue weighted by molar-refractivity contribution is -0.144. The van der Waals surface area contributed by atoms with E-state index >= 15 is 0 Å². The molecule has 8 nitrogen and oxygen atoms in total. The fraction of sp³-hybridized carbons (Fsp3) is 0.100. The number of aliphatic imine (C=N–C) groups is 1. The molecular weight excluding hydrogens is 396 g/mol. The summed E-state index contributed by atoms with van der Waals surface area (Å²) in [5.74, 6) is -2.11. The van der Waals surface area contributed by atoms with E-state index in [1.54, 1.807) is 48.5 Å². The minimum atomic E-state index is -1.10. The first-order valence-electron chi connectivity index (χ1n) is 8.45. The highest BCUT2D eigenvalue weighted by Crippen LogP contribution is 2.29. The smallest absolute Gasteiger partial charge is 0.344 e. The number of carboxylic acids is 2. The van der Waals surface area contributed by atoms with Crippen LogP contribution < -0.4 is 10.1 Å². The molecule has 1 fully saturated rings. The van der Waals surface area contributed by atoms with Crippen molar-refractivity contribution >= 4 is 46.5 Å². The summed E-state index contributed by atoms with van der Waals surface area (Å²) in [6.45, 7) is 1.43. The molecule has 148 valence electrons. The van der Waals surface area contributed by atoms with Crippen LogP contribution >= 0.6 is 11.8 Å². The Labute approximate surface area is 169 Å². The van der Waals surface area contributed by atoms with Gasteiger partial charge in [0.2, 0.25) is 0 Å². The molecule has 0 bridgehead atoms. The van der Waals surface area contributed by atoms with Crippen molar-refractivity contribution < 1.29 is 29.3 Å². The van der Waals surface area contributed by atoms with Crippen molar-refractivity contribution in [1.82, 2.24) is 5.32 Å². The maximum atomic E-state index is 12.2. The lowest BCUT2D eigenvalue weighted by Crippen LogP contribution is -2.22. The fourth-order valence-electron chi connectivity index (χ4n) is 2.39. The number of carboxylic acid groups (broad SMARTS) is 2. The van der Waals surface area contributed by atoms with Gasteiger partial charge in [-0.3, -0.25) is 4.79 Å². The van der Waals surface area contributed by atoms with Gasteiger partial charge in [0.05, 0.1) is 16.2 Å². The molecule has 1 aliphatic heterocycles. The van der Waals surface area contributed by atoms with Crippen molar-refractivity contribution in [2.45, 2.75) is 13.0 Å². The van der Waals surface area contributed by atoms with E-state index in [-0.39, 0.29) is 22.3 Å². The molecule has 1 saturated heterocycles. The van der Waals surface area contributed by atoms with Crippen LogP contribution in [-0.4, -0.2) is 39.3 Å². The fourth-order valence-corrected chi connectivity index (χ4v) is 3.23. The van der Waals surface area contributed by atoms with Crippen LogP contribution in [-0.2, 0) is 9.59 Å². The predicted octanol–water partition coefficient (Wildman–Crippen LogP) is 3.13. The van der Waals surface area contributed by atoms with Crippen molar-refractivity contribution in [3.63, 3.8) is 0 Å². The summed E-state index contributed by atoms with van der Waals surface area (Å²) in [5, 5.41) is 21.0. The molecule has 0 saturated carbocycles. The topological polar surface area (TPSA) is 125 Å². The summed E-state index contributed by atoms with van der Waals surface area (Å²) in [5.41, 5.74) is 1.00. The van der Waals surface area contributed by atoms with Crippen LogP contribution in [0.25, 0.3) is 6.08 Å². The highest BCUT2D eigenvalue weighted by molar-refractivity contribution is 8.18. The molecule has 0 radical (unpaired) electrons. The van der Waals surface area contributed by atoms with Crippen LogP contribution in [0.1, 0.15) is 22.8 Å². The van der Waals surface area contributed by atoms with Gasteiger partial charge in [0.1, 0.15) is 5.75 Å². The quantitative estimate of drug-likeness (QED) is 0.623. The van der Waals surface area contributed by atoms with E-state index in [1.807, 2.05) is 0 Å². The molecule has 1 unspecified atom stereocenters. The molecular formula is C20H16N2O6S. The van der Waals surface area contributed by atoms with Gasteiger partial charge in [-0.25, -0.2) is 14.6 Å². The molecule has 2 aromatic carbocycles. The Morgan fingerprint density at radius 3 is 2.48 bits per heavy atom. The lowest BCUT2D eigenvalue weighted by atomic mass is 10.2. The Morgan fingerprint density at radius 1 is 1.14 bits per heavy atom. The molecule has 1 aliphatic rings. The monoisotopic (exact) mass is 412 g/mol. The number of nitrogens with one attached hydrogen (secondary N) is 1. The van der Waals surface area contributed by atoms with Gasteiger partial charge < -0.3 is 20.3 Å². The Hall–Kier alpha value is -3.59. The van der Waals surface area contributed by atoms with E-state index in [1.165, 1.54) is 13.0 Å². The number of rotatable bonds is 6. The van der Waals surface area contributed by atoms with Gasteiger partial charge in [-0.1, -0.05) is 24.3 Å². The Morgan fingerprint density at radius 2 is 1.83 bits per heavy atom. The number of carbonyl (C=O) groups is 3. The highest BCUT2D eigenvalue weighted by atomic mass is 32.2. The van der Waals surface area contributed by atoms with Crippen molar-refractivity contribution in [1.29, 1.82) is 0 Å². The second kappa shape index (κ2) is 8.61. The molecule has 3 N–H and O–H groups in total. The first-order chi connectivity index (χ1) is 13.8. The van der Waals surface area contributed by atoms with E-state index in [4.69, 9.17) is 9.84 Å². The largest absolute Gasteiger partial charge is 0.479 e. The third-order valence-corrected chi connectivity index (χ3v) is 4.76. The zero-order valence-electron chi connectivity index (χ0n) is 15.2. The normalized spacial score (nSPS) is 17.2. The molecule has 0 spiro atoms. The molecule has 1 amide bonds. The number of carbonyl (C=O) groups excluding carboxylic acids is 1. The highest BCUT2D eigenvalue weighted by Gasteiger charge is 2.24. The molecule has 1 heterocycles. The number of hydrogen-bond donors (Lipinski definition) is 3. The summed E-state index contributed by atoms with van der Waals surface area (Å²) in [7, 11) is 0. The van der Waals surface area contributed by atoms with Crippen LogP contribution in [0.3, 0.4) is 0 Å². The summed E-state index contributed by atoms with van der Waals surface area (Å²) in [4.78, 5) is 38.9. The predicted molar refractivity (Wildman–Crippen MR) is 108 cm³/mol. The number of hydrogen-bond acceptors (Lipinski definition) is 6. The Balaban J connectivity index is 1.76. The second-order valence-corrected chi connectivity index (χ2v) is 7.00. The van der Waals surface area contributed by atoms with Gasteiger partial charge in [-0.05, 0) is 54.6 Å². The first kappa shape index (κ1) is 20.2. The minimum absolute atomic E-state index is 0.0402. The zero-order chi connectivity index (χ0) is 21.0. The van der Waals surface area contributed by atoms with E-state index in [0.717, 1.165) is 11.8 Å². The van der Waals surface area contributed by atoms with Gasteiger partial charge in [0.15, 0.2) is 11.3 Å². The summed E-state index contributed by atoms with van der Waals surface area (Å²) < 4.78 is 5.26. The van der Waals surface area contributed by atoms with Gasteiger partial charge in [-0.2, -0.15) is 0 Å². The molecule has 1 atom stereocenters. The van der Waals surface area contributed by atoms with Crippen LogP contribution in [0, 0.1) is 0 Å². The molecule has 2 aromatic rings. The van der Waals surface area contributed by atoms with Crippen molar-refractivity contribution in [2.24, 2.45) is 4.99 Å². The number of benzene rings is 2. The second-order valence-electron chi connectivity index (χ2n) is 5.97. The summed E-state index contributed by atoms with van der Waals surface area (Å²) >= 11 is 1.10. The minimum Gasteiger partial charge on any atom is -0.479 e. The van der Waals surface area contributed by atoms with Crippen LogP contribution in [0.15, 0.2) is 58.4 Å². The average Bonchev–Trinajstić information content (AvgIpc) is 3.02. The van der Waals surface area contributed by atoms with E-state index in [9.17, 15) is 19.5 Å². The number of para-hydroxylation sites is 1. The van der Waals surface area contributed by atoms with E-state index in [2.05, 4.69) is 10.3 Å². The number of amidine groups is 1. The average molecular weight is 412 g/mol. The summed E-state index contributed by atoms with van der Waals surface area (Å²) in [6.07, 6.45) is 0.679. The molecule has 3 rings (SSSR count). The van der Waals surface area contributed by atoms with Gasteiger partial charge in [0, 0.05) is 0 Å². The van der Waals surface area contributed by atoms with Crippen molar-refractivity contribution in [3.05, 3.63) is 64.6 Å². The van der Waals surface area contributed by atoms with Crippen molar-refractivity contribution in [3.8, 4) is 5.75 Å². The van der Waals surface area contributed by atoms with Crippen LogP contribution in [0.2, 0.25) is 0 Å². The SMILES string of the molecule is CC(Oc1ccc(/C=C2\SC(=Nc3ccccc3C(=O)O)NC2=O)cc1)C(=O)O. The Bertz CT molecular complexity index is 1030. The van der Waals surface area contributed by atoms with E-state index < -0.39 is 18.0 Å². The number of ether oxygens (including phenoxy) is 1.